The van der Waals surface area contributed by atoms with Crippen molar-refractivity contribution in [1.29, 1.82) is 0 Å². The number of carbonyl (C=O) groups excluding carboxylic acids is 2. The first-order valence-corrected chi connectivity index (χ1v) is 6.69. The van der Waals surface area contributed by atoms with Crippen molar-refractivity contribution in [3.63, 3.8) is 0 Å². The minimum absolute atomic E-state index is 0.0908. The Bertz CT molecular complexity index is 689. The molecule has 0 atom stereocenters. The number of amides is 1. The average molecular weight is 296 g/mol. The van der Waals surface area contributed by atoms with E-state index in [2.05, 4.69) is 10.9 Å². The molecule has 0 bridgehead atoms. The molecular weight excluding hydrogens is 280 g/mol. The first-order chi connectivity index (χ1) is 10.6. The number of carbonyl (C=O) groups is 2. The van der Waals surface area contributed by atoms with Crippen molar-refractivity contribution in [2.45, 2.75) is 6.92 Å². The van der Waals surface area contributed by atoms with Crippen molar-refractivity contribution < 1.29 is 14.7 Å². The lowest BCUT2D eigenvalue weighted by atomic mass is 10.1. The maximum absolute atomic E-state index is 11.8. The van der Waals surface area contributed by atoms with Crippen molar-refractivity contribution in [2.75, 3.05) is 0 Å². The van der Waals surface area contributed by atoms with Gasteiger partial charge in [0.25, 0.3) is 5.91 Å². The van der Waals surface area contributed by atoms with Crippen molar-refractivity contribution in [2.24, 2.45) is 0 Å². The number of aryl methyl sites for hydroxylation is 1. The van der Waals surface area contributed by atoms with Crippen LogP contribution in [0.25, 0.3) is 0 Å². The number of hydrazine groups is 1. The van der Waals surface area contributed by atoms with Crippen LogP contribution in [0.1, 0.15) is 26.3 Å². The molecule has 0 aliphatic rings. The van der Waals surface area contributed by atoms with E-state index in [0.717, 1.165) is 5.56 Å². The second-order valence-corrected chi connectivity index (χ2v) is 4.71. The number of rotatable bonds is 5. The fraction of sp³-hybridized carbons (Fsp3) is 0.0588. The van der Waals surface area contributed by atoms with Gasteiger partial charge in [0.05, 0.1) is 0 Å². The number of aromatic hydroxyl groups is 1. The maximum atomic E-state index is 11.8. The number of allylic oxidation sites excluding steroid dienone is 1. The van der Waals surface area contributed by atoms with Crippen LogP contribution in [0.5, 0.6) is 5.75 Å². The first kappa shape index (κ1) is 15.3. The van der Waals surface area contributed by atoms with Gasteiger partial charge in [0.2, 0.25) is 0 Å². The molecule has 1 amide bonds. The van der Waals surface area contributed by atoms with E-state index in [1.165, 1.54) is 36.5 Å². The van der Waals surface area contributed by atoms with Crippen molar-refractivity contribution in [3.05, 3.63) is 77.5 Å². The Morgan fingerprint density at radius 3 is 2.18 bits per heavy atom. The molecule has 2 rings (SSSR count). The lowest BCUT2D eigenvalue weighted by Crippen LogP contribution is -2.33. The molecule has 0 unspecified atom stereocenters. The summed E-state index contributed by atoms with van der Waals surface area (Å²) < 4.78 is 0. The third-order valence-corrected chi connectivity index (χ3v) is 2.97. The SMILES string of the molecule is Cc1ccc(C(=O)/C=C/NNC(=O)c2ccc(O)cc2)cc1. The monoisotopic (exact) mass is 296 g/mol. The highest BCUT2D eigenvalue weighted by molar-refractivity contribution is 6.04. The first-order valence-electron chi connectivity index (χ1n) is 6.69. The Balaban J connectivity index is 1.85. The fourth-order valence-corrected chi connectivity index (χ4v) is 1.72. The molecule has 2 aromatic carbocycles. The van der Waals surface area contributed by atoms with Gasteiger partial charge in [0.15, 0.2) is 5.78 Å². The van der Waals surface area contributed by atoms with Gasteiger partial charge in [-0.2, -0.15) is 0 Å². The van der Waals surface area contributed by atoms with Crippen LogP contribution < -0.4 is 10.9 Å². The summed E-state index contributed by atoms with van der Waals surface area (Å²) in [6.45, 7) is 1.95. The Hall–Kier alpha value is -3.08. The third-order valence-electron chi connectivity index (χ3n) is 2.97. The molecule has 0 aliphatic carbocycles. The molecule has 0 radical (unpaired) electrons. The molecule has 0 fully saturated rings. The van der Waals surface area contributed by atoms with Gasteiger partial charge in [-0.05, 0) is 31.2 Å². The Labute approximate surface area is 128 Å². The van der Waals surface area contributed by atoms with E-state index >= 15 is 0 Å². The van der Waals surface area contributed by atoms with Gasteiger partial charge in [-0.3, -0.25) is 15.0 Å². The predicted molar refractivity (Wildman–Crippen MR) is 83.4 cm³/mol. The van der Waals surface area contributed by atoms with Crippen LogP contribution >= 0.6 is 0 Å². The lowest BCUT2D eigenvalue weighted by Gasteiger charge is -2.04. The smallest absolute Gasteiger partial charge is 0.269 e. The minimum Gasteiger partial charge on any atom is -0.508 e. The quantitative estimate of drug-likeness (QED) is 0.449. The van der Waals surface area contributed by atoms with Crippen molar-refractivity contribution >= 4 is 11.7 Å². The van der Waals surface area contributed by atoms with E-state index in [1.54, 1.807) is 12.1 Å². The molecule has 0 saturated carbocycles. The molecule has 0 aliphatic heterocycles. The largest absolute Gasteiger partial charge is 0.508 e. The van der Waals surface area contributed by atoms with Gasteiger partial charge in [-0.1, -0.05) is 29.8 Å². The van der Waals surface area contributed by atoms with Crippen molar-refractivity contribution in [3.8, 4) is 5.75 Å². The van der Waals surface area contributed by atoms with Gasteiger partial charge in [-0.15, -0.1) is 0 Å². The number of phenols is 1. The second kappa shape index (κ2) is 7.08. The van der Waals surface area contributed by atoms with Crippen LogP contribution in [-0.4, -0.2) is 16.8 Å². The summed E-state index contributed by atoms with van der Waals surface area (Å²) in [5.74, 6) is -0.438. The summed E-state index contributed by atoms with van der Waals surface area (Å²) in [6, 6.07) is 13.1. The highest BCUT2D eigenvalue weighted by Crippen LogP contribution is 2.09. The molecule has 5 nitrogen and oxygen atoms in total. The summed E-state index contributed by atoms with van der Waals surface area (Å²) in [5, 5.41) is 9.14. The van der Waals surface area contributed by atoms with Crippen LogP contribution in [0, 0.1) is 6.92 Å². The number of hydrogen-bond donors (Lipinski definition) is 3. The molecule has 0 saturated heterocycles. The molecule has 0 aromatic heterocycles. The van der Waals surface area contributed by atoms with Crippen molar-refractivity contribution in [1.82, 2.24) is 10.9 Å². The summed E-state index contributed by atoms with van der Waals surface area (Å²) in [6.07, 6.45) is 2.70. The third kappa shape index (κ3) is 4.21. The van der Waals surface area contributed by atoms with E-state index in [1.807, 2.05) is 19.1 Å². The molecule has 22 heavy (non-hydrogen) atoms. The highest BCUT2D eigenvalue weighted by atomic mass is 16.3. The Morgan fingerprint density at radius 1 is 0.955 bits per heavy atom. The van der Waals surface area contributed by atoms with Gasteiger partial charge < -0.3 is 10.5 Å². The predicted octanol–water partition coefficient (Wildman–Crippen LogP) is 2.33. The Kier molecular flexibility index (Phi) is 4.93. The molecule has 112 valence electrons. The van der Waals surface area contributed by atoms with Gasteiger partial charge in [-0.25, -0.2) is 0 Å². The van der Waals surface area contributed by atoms with Gasteiger partial charge >= 0.3 is 0 Å². The van der Waals surface area contributed by atoms with Crippen LogP contribution in [0.2, 0.25) is 0 Å². The second-order valence-electron chi connectivity index (χ2n) is 4.71. The average Bonchev–Trinajstić information content (AvgIpc) is 2.52. The summed E-state index contributed by atoms with van der Waals surface area (Å²) in [5.41, 5.74) is 7.02. The summed E-state index contributed by atoms with van der Waals surface area (Å²) in [4.78, 5) is 23.6. The topological polar surface area (TPSA) is 78.4 Å². The zero-order valence-electron chi connectivity index (χ0n) is 12.0. The minimum atomic E-state index is -0.368. The molecular formula is C17H16N2O3. The zero-order chi connectivity index (χ0) is 15.9. The van der Waals surface area contributed by atoms with E-state index in [-0.39, 0.29) is 17.4 Å². The standard InChI is InChI=1S/C17H16N2O3/c1-12-2-4-13(5-3-12)16(21)10-11-18-19-17(22)14-6-8-15(20)9-7-14/h2-11,18,20H,1H3,(H,19,22)/b11-10+. The fourth-order valence-electron chi connectivity index (χ4n) is 1.72. The van der Waals surface area contributed by atoms with Gasteiger partial charge in [0.1, 0.15) is 5.75 Å². The zero-order valence-corrected chi connectivity index (χ0v) is 12.0. The number of nitrogens with one attached hydrogen (secondary N) is 2. The van der Waals surface area contributed by atoms with E-state index < -0.39 is 0 Å². The lowest BCUT2D eigenvalue weighted by molar-refractivity contribution is 0.0939. The van der Waals surface area contributed by atoms with E-state index in [0.29, 0.717) is 11.1 Å². The van der Waals surface area contributed by atoms with Crippen LogP contribution in [0.3, 0.4) is 0 Å². The molecule has 2 aromatic rings. The number of benzene rings is 2. The normalized spacial score (nSPS) is 10.4. The van der Waals surface area contributed by atoms with Crippen LogP contribution in [0.4, 0.5) is 0 Å². The molecule has 3 N–H and O–H groups in total. The molecule has 0 spiro atoms. The number of phenolic OH excluding ortho intramolecular Hbond substituents is 1. The highest BCUT2D eigenvalue weighted by Gasteiger charge is 2.03. The van der Waals surface area contributed by atoms with Crippen LogP contribution in [0.15, 0.2) is 60.8 Å². The van der Waals surface area contributed by atoms with E-state index in [4.69, 9.17) is 5.11 Å². The van der Waals surface area contributed by atoms with Crippen LogP contribution in [-0.2, 0) is 0 Å². The van der Waals surface area contributed by atoms with E-state index in [9.17, 15) is 9.59 Å². The summed E-state index contributed by atoms with van der Waals surface area (Å²) >= 11 is 0. The Morgan fingerprint density at radius 2 is 1.55 bits per heavy atom. The van der Waals surface area contributed by atoms with Gasteiger partial charge in [0, 0.05) is 23.4 Å². The number of hydrogen-bond acceptors (Lipinski definition) is 4. The maximum Gasteiger partial charge on any atom is 0.269 e. The molecule has 0 heterocycles. The molecule has 5 heteroatoms. The number of ketones is 1. The summed E-state index contributed by atoms with van der Waals surface area (Å²) in [7, 11) is 0.